The van der Waals surface area contributed by atoms with Gasteiger partial charge in [0.25, 0.3) is 0 Å². The summed E-state index contributed by atoms with van der Waals surface area (Å²) in [6, 6.07) is 3.38. The lowest BCUT2D eigenvalue weighted by atomic mass is 9.82. The molecule has 1 aliphatic carbocycles. The Labute approximate surface area is 153 Å². The average Bonchev–Trinajstić information content (AvgIpc) is 2.69. The fraction of sp³-hybridized carbons (Fsp3) is 0.632. The summed E-state index contributed by atoms with van der Waals surface area (Å²) in [6.07, 6.45) is 5.86. The van der Waals surface area contributed by atoms with Gasteiger partial charge in [-0.2, -0.15) is 0 Å². The van der Waals surface area contributed by atoms with E-state index in [0.717, 1.165) is 5.56 Å². The molecule has 3 N–H and O–H groups in total. The van der Waals surface area contributed by atoms with Crippen molar-refractivity contribution in [2.75, 3.05) is 13.2 Å². The molecule has 142 valence electrons. The molecule has 26 heavy (non-hydrogen) atoms. The number of nitrogens with zero attached hydrogens (tertiary/aromatic N) is 1. The molecule has 1 saturated heterocycles. The summed E-state index contributed by atoms with van der Waals surface area (Å²) in [4.78, 5) is 28.9. The van der Waals surface area contributed by atoms with Crippen LogP contribution in [0.5, 0.6) is 0 Å². The van der Waals surface area contributed by atoms with E-state index in [2.05, 4.69) is 15.6 Å². The molecule has 7 heteroatoms. The van der Waals surface area contributed by atoms with Gasteiger partial charge in [0, 0.05) is 44.0 Å². The largest absolute Gasteiger partial charge is 0.391 e. The van der Waals surface area contributed by atoms with Crippen LogP contribution in [0, 0.1) is 11.8 Å². The first-order valence-corrected chi connectivity index (χ1v) is 9.36. The van der Waals surface area contributed by atoms with E-state index in [1.54, 1.807) is 12.4 Å². The lowest BCUT2D eigenvalue weighted by Crippen LogP contribution is -2.51. The van der Waals surface area contributed by atoms with E-state index in [4.69, 9.17) is 4.74 Å². The number of aliphatic hydroxyl groups is 1. The van der Waals surface area contributed by atoms with E-state index >= 15 is 0 Å². The molecule has 0 radical (unpaired) electrons. The highest BCUT2D eigenvalue weighted by Gasteiger charge is 2.35. The molecule has 0 unspecified atom stereocenters. The normalized spacial score (nSPS) is 26.9. The summed E-state index contributed by atoms with van der Waals surface area (Å²) < 4.78 is 5.29. The van der Waals surface area contributed by atoms with Crippen LogP contribution < -0.4 is 10.6 Å². The molecule has 3 atom stereocenters. The van der Waals surface area contributed by atoms with Crippen LogP contribution in [0.1, 0.15) is 37.7 Å². The third-order valence-corrected chi connectivity index (χ3v) is 5.29. The van der Waals surface area contributed by atoms with Crippen molar-refractivity contribution in [3.8, 4) is 0 Å². The quantitative estimate of drug-likeness (QED) is 0.719. The van der Waals surface area contributed by atoms with Crippen LogP contribution in [0.3, 0.4) is 0 Å². The molecule has 2 fully saturated rings. The van der Waals surface area contributed by atoms with E-state index in [1.807, 2.05) is 12.1 Å². The zero-order valence-corrected chi connectivity index (χ0v) is 14.9. The summed E-state index contributed by atoms with van der Waals surface area (Å²) in [7, 11) is 0. The van der Waals surface area contributed by atoms with E-state index in [0.29, 0.717) is 51.9 Å². The number of carbonyl (C=O) groups is 2. The van der Waals surface area contributed by atoms with Crippen molar-refractivity contribution in [2.45, 2.75) is 50.8 Å². The number of hydrogen-bond acceptors (Lipinski definition) is 5. The van der Waals surface area contributed by atoms with Gasteiger partial charge in [0.05, 0.1) is 12.1 Å². The second-order valence-electron chi connectivity index (χ2n) is 7.16. The number of carbonyl (C=O) groups excluding carboxylic acids is 2. The maximum absolute atomic E-state index is 12.5. The number of ether oxygens (including phenoxy) is 1. The maximum Gasteiger partial charge on any atom is 0.223 e. The minimum absolute atomic E-state index is 0.0335. The number of aliphatic hydroxyl groups excluding tert-OH is 1. The number of nitrogens with one attached hydrogen (secondary N) is 2. The summed E-state index contributed by atoms with van der Waals surface area (Å²) in [6.45, 7) is 1.64. The van der Waals surface area contributed by atoms with Crippen molar-refractivity contribution in [1.29, 1.82) is 0 Å². The van der Waals surface area contributed by atoms with E-state index in [9.17, 15) is 14.7 Å². The van der Waals surface area contributed by atoms with Crippen molar-refractivity contribution in [2.24, 2.45) is 11.8 Å². The zero-order chi connectivity index (χ0) is 18.4. The Bertz CT molecular complexity index is 604. The van der Waals surface area contributed by atoms with Gasteiger partial charge in [-0.05, 0) is 43.7 Å². The molecule has 1 aromatic heterocycles. The number of rotatable bonds is 5. The fourth-order valence-electron chi connectivity index (χ4n) is 3.64. The standard InChI is InChI=1S/C19H27N3O4/c23-17-4-3-15(18(24)21-12-13-2-1-7-20-11-13)10-16(17)22-19(25)14-5-8-26-9-6-14/h1-2,7,11,14-17,23H,3-6,8-10,12H2,(H,21,24)(H,22,25)/t15-,16+,17+/m0/s1. The van der Waals surface area contributed by atoms with Crippen molar-refractivity contribution in [1.82, 2.24) is 15.6 Å². The van der Waals surface area contributed by atoms with Crippen molar-refractivity contribution in [3.05, 3.63) is 30.1 Å². The molecule has 1 aromatic rings. The number of aromatic nitrogens is 1. The van der Waals surface area contributed by atoms with Crippen molar-refractivity contribution < 1.29 is 19.4 Å². The van der Waals surface area contributed by atoms with Crippen LogP contribution >= 0.6 is 0 Å². The Morgan fingerprint density at radius 1 is 1.15 bits per heavy atom. The Kier molecular flexibility index (Phi) is 6.57. The predicted molar refractivity (Wildman–Crippen MR) is 94.9 cm³/mol. The molecule has 1 saturated carbocycles. The minimum Gasteiger partial charge on any atom is -0.391 e. The van der Waals surface area contributed by atoms with Gasteiger partial charge in [0.2, 0.25) is 11.8 Å². The number of hydrogen-bond donors (Lipinski definition) is 3. The van der Waals surface area contributed by atoms with Gasteiger partial charge in [0.1, 0.15) is 0 Å². The minimum atomic E-state index is -0.596. The zero-order valence-electron chi connectivity index (χ0n) is 14.9. The average molecular weight is 361 g/mol. The Balaban J connectivity index is 1.50. The molecule has 0 bridgehead atoms. The van der Waals surface area contributed by atoms with E-state index in [1.165, 1.54) is 0 Å². The van der Waals surface area contributed by atoms with Crippen LogP contribution in [-0.2, 0) is 20.9 Å². The number of pyridine rings is 1. The monoisotopic (exact) mass is 361 g/mol. The predicted octanol–water partition coefficient (Wildman–Crippen LogP) is 0.770. The highest BCUT2D eigenvalue weighted by Crippen LogP contribution is 2.26. The first-order chi connectivity index (χ1) is 12.6. The lowest BCUT2D eigenvalue weighted by molar-refractivity contribution is -0.132. The van der Waals surface area contributed by atoms with Gasteiger partial charge < -0.3 is 20.5 Å². The van der Waals surface area contributed by atoms with Gasteiger partial charge in [-0.3, -0.25) is 14.6 Å². The highest BCUT2D eigenvalue weighted by atomic mass is 16.5. The Hall–Kier alpha value is -1.99. The molecule has 2 aliphatic rings. The van der Waals surface area contributed by atoms with Crippen LogP contribution in [0.25, 0.3) is 0 Å². The van der Waals surface area contributed by atoms with Crippen LogP contribution in [0.2, 0.25) is 0 Å². The van der Waals surface area contributed by atoms with Crippen LogP contribution in [0.15, 0.2) is 24.5 Å². The van der Waals surface area contributed by atoms with Gasteiger partial charge in [-0.15, -0.1) is 0 Å². The highest BCUT2D eigenvalue weighted by molar-refractivity contribution is 5.80. The molecule has 1 aliphatic heterocycles. The molecule has 0 aromatic carbocycles. The summed E-state index contributed by atoms with van der Waals surface area (Å²) in [5, 5.41) is 16.1. The molecule has 2 heterocycles. The molecular weight excluding hydrogens is 334 g/mol. The van der Waals surface area contributed by atoms with Crippen LogP contribution in [-0.4, -0.2) is 47.3 Å². The topological polar surface area (TPSA) is 101 Å². The van der Waals surface area contributed by atoms with E-state index < -0.39 is 6.10 Å². The first-order valence-electron chi connectivity index (χ1n) is 9.36. The maximum atomic E-state index is 12.5. The second-order valence-corrected chi connectivity index (χ2v) is 7.16. The van der Waals surface area contributed by atoms with Crippen molar-refractivity contribution >= 4 is 11.8 Å². The Morgan fingerprint density at radius 2 is 1.96 bits per heavy atom. The molecule has 2 amide bonds. The third kappa shape index (κ3) is 5.02. The SMILES string of the molecule is O=C(N[C@@H]1C[C@@H](C(=O)NCc2cccnc2)CC[C@H]1O)C1CCOCC1. The van der Waals surface area contributed by atoms with Gasteiger partial charge >= 0.3 is 0 Å². The summed E-state index contributed by atoms with van der Waals surface area (Å²) in [5.74, 6) is -0.328. The summed E-state index contributed by atoms with van der Waals surface area (Å²) in [5.41, 5.74) is 0.945. The summed E-state index contributed by atoms with van der Waals surface area (Å²) >= 11 is 0. The molecule has 3 rings (SSSR count). The number of amides is 2. The van der Waals surface area contributed by atoms with Gasteiger partial charge in [0.15, 0.2) is 0 Å². The van der Waals surface area contributed by atoms with E-state index in [-0.39, 0.29) is 29.7 Å². The first kappa shape index (κ1) is 18.8. The van der Waals surface area contributed by atoms with Crippen LogP contribution in [0.4, 0.5) is 0 Å². The van der Waals surface area contributed by atoms with Gasteiger partial charge in [-0.1, -0.05) is 6.07 Å². The lowest BCUT2D eigenvalue weighted by Gasteiger charge is -2.34. The third-order valence-electron chi connectivity index (χ3n) is 5.29. The Morgan fingerprint density at radius 3 is 2.69 bits per heavy atom. The smallest absolute Gasteiger partial charge is 0.223 e. The molecule has 7 nitrogen and oxygen atoms in total. The molecule has 0 spiro atoms. The van der Waals surface area contributed by atoms with Crippen molar-refractivity contribution in [3.63, 3.8) is 0 Å². The molecular formula is C19H27N3O4. The second kappa shape index (κ2) is 9.09. The van der Waals surface area contributed by atoms with Gasteiger partial charge in [-0.25, -0.2) is 0 Å². The fourth-order valence-corrected chi connectivity index (χ4v) is 3.64.